The number of halogens is 2. The molecule has 0 fully saturated rings. The molecule has 17 heavy (non-hydrogen) atoms. The van der Waals surface area contributed by atoms with E-state index in [0.717, 1.165) is 25.9 Å². The van der Waals surface area contributed by atoms with Gasteiger partial charge in [-0.2, -0.15) is 0 Å². The van der Waals surface area contributed by atoms with Crippen molar-refractivity contribution in [2.24, 2.45) is 0 Å². The molecule has 0 saturated carbocycles. The molecule has 0 bridgehead atoms. The van der Waals surface area contributed by atoms with E-state index in [9.17, 15) is 4.39 Å². The van der Waals surface area contributed by atoms with Gasteiger partial charge in [0.05, 0.1) is 4.21 Å². The molecule has 90 valence electrons. The van der Waals surface area contributed by atoms with E-state index >= 15 is 0 Å². The summed E-state index contributed by atoms with van der Waals surface area (Å²) in [5, 5.41) is 10.8. The van der Waals surface area contributed by atoms with E-state index in [2.05, 4.69) is 0 Å². The Morgan fingerprint density at radius 1 is 1.29 bits per heavy atom. The fraction of sp³-hybridized carbons (Fsp3) is 0. The van der Waals surface area contributed by atoms with Gasteiger partial charge in [-0.15, -0.1) is 11.3 Å². The van der Waals surface area contributed by atoms with Crippen LogP contribution >= 0.6 is 46.8 Å². The average molecular weight is 308 g/mol. The van der Waals surface area contributed by atoms with Crippen LogP contribution in [-0.4, -0.2) is 9.19 Å². The van der Waals surface area contributed by atoms with Gasteiger partial charge in [-0.05, 0) is 28.3 Å². The summed E-state index contributed by atoms with van der Waals surface area (Å²) in [5.74, 6) is -0.248. The van der Waals surface area contributed by atoms with Crippen LogP contribution in [0.2, 0.25) is 0 Å². The van der Waals surface area contributed by atoms with Crippen molar-refractivity contribution >= 4 is 46.8 Å². The van der Waals surface area contributed by atoms with Crippen LogP contribution in [0.5, 0.6) is 0 Å². The first-order chi connectivity index (χ1) is 8.13. The van der Waals surface area contributed by atoms with Gasteiger partial charge in [0.15, 0.2) is 0 Å². The summed E-state index contributed by atoms with van der Waals surface area (Å²) in [6.45, 7) is 0. The lowest BCUT2D eigenvalue weighted by atomic mass is 10.4. The molecule has 0 amide bonds. The van der Waals surface area contributed by atoms with Crippen LogP contribution in [-0.2, 0) is 0 Å². The summed E-state index contributed by atoms with van der Waals surface area (Å²) in [6.07, 6.45) is 0. The second-order valence-electron chi connectivity index (χ2n) is 2.98. The normalized spacial score (nSPS) is 11.1. The van der Waals surface area contributed by atoms with Gasteiger partial charge in [0.1, 0.15) is 5.82 Å². The van der Waals surface area contributed by atoms with E-state index < -0.39 is 0 Å². The van der Waals surface area contributed by atoms with Crippen LogP contribution in [0.3, 0.4) is 0 Å². The van der Waals surface area contributed by atoms with E-state index in [4.69, 9.17) is 17.0 Å². The molecule has 0 unspecified atom stereocenters. The predicted molar refractivity (Wildman–Crippen MR) is 70.2 cm³/mol. The summed E-state index contributed by atoms with van der Waals surface area (Å²) >= 11 is 9.25. The molecule has 0 radical (unpaired) electrons. The second kappa shape index (κ2) is 6.08. The molecule has 1 heterocycles. The van der Waals surface area contributed by atoms with Gasteiger partial charge >= 0.3 is 0 Å². The molecular formula is C10H7ClFNOS3. The Labute approximate surface area is 116 Å². The van der Waals surface area contributed by atoms with Crippen LogP contribution in [0.15, 0.2) is 49.7 Å². The Kier molecular flexibility index (Phi) is 4.72. The monoisotopic (exact) mass is 307 g/mol. The number of thiophene rings is 1. The minimum atomic E-state index is -0.248. The number of benzene rings is 1. The third-order valence-electron chi connectivity index (χ3n) is 1.75. The standard InChI is InChI=1S/C10H7ClFNOS3/c11-13(14)17-10-5-9(6-15-10)16-8-3-1-2-7(12)4-8/h1-6,14H. The van der Waals surface area contributed by atoms with Crippen molar-refractivity contribution in [3.63, 3.8) is 0 Å². The first-order valence-electron chi connectivity index (χ1n) is 4.48. The lowest BCUT2D eigenvalue weighted by Gasteiger charge is -1.99. The van der Waals surface area contributed by atoms with Gasteiger partial charge < -0.3 is 0 Å². The average Bonchev–Trinajstić information content (AvgIpc) is 2.64. The molecule has 2 nitrogen and oxygen atoms in total. The highest BCUT2D eigenvalue weighted by molar-refractivity contribution is 8.00. The molecule has 0 aliphatic heterocycles. The maximum atomic E-state index is 13.0. The molecule has 2 aromatic rings. The maximum absolute atomic E-state index is 13.0. The Balaban J connectivity index is 2.06. The van der Waals surface area contributed by atoms with Crippen LogP contribution in [0.25, 0.3) is 0 Å². The maximum Gasteiger partial charge on any atom is 0.124 e. The zero-order chi connectivity index (χ0) is 12.3. The molecule has 0 saturated heterocycles. The van der Waals surface area contributed by atoms with E-state index in [0.29, 0.717) is 3.99 Å². The lowest BCUT2D eigenvalue weighted by Crippen LogP contribution is -1.88. The Bertz CT molecular complexity index is 506. The van der Waals surface area contributed by atoms with Gasteiger partial charge in [0, 0.05) is 38.9 Å². The third-order valence-corrected chi connectivity index (χ3v) is 4.75. The van der Waals surface area contributed by atoms with Crippen LogP contribution in [0, 0.1) is 5.82 Å². The molecule has 0 aliphatic carbocycles. The third kappa shape index (κ3) is 4.17. The fourth-order valence-electron chi connectivity index (χ4n) is 1.14. The van der Waals surface area contributed by atoms with Crippen molar-refractivity contribution in [1.82, 2.24) is 3.99 Å². The summed E-state index contributed by atoms with van der Waals surface area (Å²) < 4.78 is 14.4. The van der Waals surface area contributed by atoms with Crippen LogP contribution in [0.1, 0.15) is 0 Å². The first-order valence-corrected chi connectivity index (χ1v) is 7.29. The highest BCUT2D eigenvalue weighted by Gasteiger charge is 2.06. The summed E-state index contributed by atoms with van der Waals surface area (Å²) in [5.41, 5.74) is 0. The summed E-state index contributed by atoms with van der Waals surface area (Å²) in [4.78, 5) is 1.83. The minimum absolute atomic E-state index is 0.248. The van der Waals surface area contributed by atoms with Crippen molar-refractivity contribution < 1.29 is 9.60 Å². The smallest absolute Gasteiger partial charge is 0.124 e. The van der Waals surface area contributed by atoms with Gasteiger partial charge in [-0.1, -0.05) is 17.8 Å². The summed E-state index contributed by atoms with van der Waals surface area (Å²) in [7, 11) is 0. The molecule has 1 aromatic carbocycles. The van der Waals surface area contributed by atoms with Crippen molar-refractivity contribution in [2.45, 2.75) is 14.0 Å². The topological polar surface area (TPSA) is 23.5 Å². The number of hydrogen-bond acceptors (Lipinski definition) is 5. The van der Waals surface area contributed by atoms with Gasteiger partial charge in [0.2, 0.25) is 0 Å². The molecular weight excluding hydrogens is 301 g/mol. The van der Waals surface area contributed by atoms with Crippen molar-refractivity contribution in [2.75, 3.05) is 0 Å². The first kappa shape index (κ1) is 13.2. The SMILES string of the molecule is ON(Cl)Sc1cc(Sc2cccc(F)c2)cs1. The molecule has 0 atom stereocenters. The minimum Gasteiger partial charge on any atom is -0.288 e. The van der Waals surface area contributed by atoms with Crippen molar-refractivity contribution in [3.05, 3.63) is 41.5 Å². The molecule has 0 aliphatic rings. The Hall–Kier alpha value is -0.240. The molecule has 1 N–H and O–H groups in total. The van der Waals surface area contributed by atoms with Crippen molar-refractivity contribution in [3.8, 4) is 0 Å². The van der Waals surface area contributed by atoms with Gasteiger partial charge in [-0.3, -0.25) is 5.21 Å². The largest absolute Gasteiger partial charge is 0.288 e. The molecule has 7 heteroatoms. The van der Waals surface area contributed by atoms with Crippen molar-refractivity contribution in [1.29, 1.82) is 0 Å². The van der Waals surface area contributed by atoms with E-state index in [1.54, 1.807) is 6.07 Å². The molecule has 1 aromatic heterocycles. The number of hydrogen-bond donors (Lipinski definition) is 1. The second-order valence-corrected chi connectivity index (χ2v) is 6.78. The Morgan fingerprint density at radius 3 is 2.82 bits per heavy atom. The van der Waals surface area contributed by atoms with Gasteiger partial charge in [-0.25, -0.2) is 4.39 Å². The fourth-order valence-corrected chi connectivity index (χ4v) is 4.09. The van der Waals surface area contributed by atoms with E-state index in [-0.39, 0.29) is 5.82 Å². The molecule has 0 spiro atoms. The zero-order valence-corrected chi connectivity index (χ0v) is 11.5. The lowest BCUT2D eigenvalue weighted by molar-refractivity contribution is 0.114. The van der Waals surface area contributed by atoms with Crippen LogP contribution < -0.4 is 0 Å². The van der Waals surface area contributed by atoms with Gasteiger partial charge in [0.25, 0.3) is 0 Å². The Morgan fingerprint density at radius 2 is 2.12 bits per heavy atom. The quantitative estimate of drug-likeness (QED) is 0.493. The van der Waals surface area contributed by atoms with E-state index in [1.165, 1.54) is 35.2 Å². The number of rotatable bonds is 4. The predicted octanol–water partition coefficient (Wildman–Crippen LogP) is 4.89. The van der Waals surface area contributed by atoms with Crippen LogP contribution in [0.4, 0.5) is 4.39 Å². The summed E-state index contributed by atoms with van der Waals surface area (Å²) in [6, 6.07) is 8.30. The molecule has 2 rings (SSSR count). The number of nitrogens with zero attached hydrogens (tertiary/aromatic N) is 1. The zero-order valence-electron chi connectivity index (χ0n) is 8.34. The highest BCUT2D eigenvalue weighted by atomic mass is 35.5. The highest BCUT2D eigenvalue weighted by Crippen LogP contribution is 2.36. The van der Waals surface area contributed by atoms with E-state index in [1.807, 2.05) is 17.5 Å².